The lowest BCUT2D eigenvalue weighted by molar-refractivity contribution is 0.654. The number of halogens is 1. The van der Waals surface area contributed by atoms with Crippen LogP contribution in [0.25, 0.3) is 22.4 Å². The normalized spacial score (nSPS) is 13.8. The van der Waals surface area contributed by atoms with Crippen LogP contribution in [-0.2, 0) is 6.54 Å². The highest BCUT2D eigenvalue weighted by molar-refractivity contribution is 7.99. The molecule has 4 nitrogen and oxygen atoms in total. The number of anilines is 3. The van der Waals surface area contributed by atoms with E-state index in [0.717, 1.165) is 49.2 Å². The third-order valence-corrected chi connectivity index (χ3v) is 8.56. The smallest absolute Gasteiger partial charge is 0.0573 e. The van der Waals surface area contributed by atoms with E-state index in [9.17, 15) is 0 Å². The molecule has 37 heavy (non-hydrogen) atoms. The summed E-state index contributed by atoms with van der Waals surface area (Å²) in [6.45, 7) is 11.6. The van der Waals surface area contributed by atoms with Crippen molar-refractivity contribution >= 4 is 40.4 Å². The fraction of sp³-hybridized carbons (Fsp3) is 0.290. The fourth-order valence-electron chi connectivity index (χ4n) is 5.37. The predicted molar refractivity (Wildman–Crippen MR) is 162 cm³/mol. The maximum atomic E-state index is 6.25. The SMILES string of the molecule is CCSc1c(-c2cccc(N3CCN(c4ccc(N)cc4)CC3)c2)c(-c2ccc(Cl)cc2)n(CC)c1C. The molecular weight excluding hydrogens is 496 g/mol. The van der Waals surface area contributed by atoms with Crippen molar-refractivity contribution in [2.45, 2.75) is 32.2 Å². The number of nitrogens with two attached hydrogens (primary N) is 1. The van der Waals surface area contributed by atoms with Gasteiger partial charge in [-0.25, -0.2) is 0 Å². The quantitative estimate of drug-likeness (QED) is 0.195. The van der Waals surface area contributed by atoms with Gasteiger partial charge in [0.15, 0.2) is 0 Å². The highest BCUT2D eigenvalue weighted by Crippen LogP contribution is 2.45. The maximum Gasteiger partial charge on any atom is 0.0573 e. The molecule has 0 aliphatic carbocycles. The number of thioether (sulfide) groups is 1. The Labute approximate surface area is 230 Å². The molecular formula is C31H35ClN4S. The molecule has 0 radical (unpaired) electrons. The van der Waals surface area contributed by atoms with Crippen molar-refractivity contribution in [3.05, 3.63) is 83.5 Å². The molecule has 0 saturated carbocycles. The molecule has 4 aromatic rings. The lowest BCUT2D eigenvalue weighted by atomic mass is 10.00. The van der Waals surface area contributed by atoms with Gasteiger partial charge in [0.1, 0.15) is 0 Å². The minimum absolute atomic E-state index is 0.764. The molecule has 1 aromatic heterocycles. The second-order valence-electron chi connectivity index (χ2n) is 9.44. The number of aromatic nitrogens is 1. The second kappa shape index (κ2) is 11.2. The minimum Gasteiger partial charge on any atom is -0.399 e. The lowest BCUT2D eigenvalue weighted by Crippen LogP contribution is -2.46. The standard InChI is InChI=1S/C31H35ClN4S/c1-4-36-22(3)31(37-5-2)29(30(36)23-9-11-25(32)12-10-23)24-7-6-8-28(21-24)35-19-17-34(18-20-35)27-15-13-26(33)14-16-27/h6-16,21H,4-5,17-20,33H2,1-3H3. The van der Waals surface area contributed by atoms with Crippen LogP contribution in [0.5, 0.6) is 0 Å². The summed E-state index contributed by atoms with van der Waals surface area (Å²) in [5.74, 6) is 1.04. The van der Waals surface area contributed by atoms with E-state index in [0.29, 0.717) is 0 Å². The Morgan fingerprint density at radius 3 is 2.08 bits per heavy atom. The number of nitrogen functional groups attached to an aromatic ring is 1. The molecule has 0 atom stereocenters. The van der Waals surface area contributed by atoms with Crippen molar-refractivity contribution in [3.8, 4) is 22.4 Å². The highest BCUT2D eigenvalue weighted by atomic mass is 35.5. The molecule has 192 valence electrons. The zero-order chi connectivity index (χ0) is 25.9. The first-order valence-electron chi connectivity index (χ1n) is 13.1. The first-order valence-corrected chi connectivity index (χ1v) is 14.4. The van der Waals surface area contributed by atoms with Crippen LogP contribution >= 0.6 is 23.4 Å². The van der Waals surface area contributed by atoms with Crippen LogP contribution in [0.4, 0.5) is 17.1 Å². The van der Waals surface area contributed by atoms with Crippen molar-refractivity contribution in [1.29, 1.82) is 0 Å². The Morgan fingerprint density at radius 1 is 0.811 bits per heavy atom. The van der Waals surface area contributed by atoms with Crippen LogP contribution in [0.15, 0.2) is 77.7 Å². The van der Waals surface area contributed by atoms with Crippen LogP contribution in [0.1, 0.15) is 19.5 Å². The summed E-state index contributed by atoms with van der Waals surface area (Å²) in [7, 11) is 0. The summed E-state index contributed by atoms with van der Waals surface area (Å²) in [6, 6.07) is 25.6. The van der Waals surface area contributed by atoms with Crippen LogP contribution in [0.3, 0.4) is 0 Å². The topological polar surface area (TPSA) is 37.4 Å². The number of hydrogen-bond acceptors (Lipinski definition) is 4. The third-order valence-electron chi connectivity index (χ3n) is 7.23. The number of hydrogen-bond donors (Lipinski definition) is 1. The Kier molecular flexibility index (Phi) is 7.73. The molecule has 6 heteroatoms. The molecule has 3 aromatic carbocycles. The largest absolute Gasteiger partial charge is 0.399 e. The molecule has 1 aliphatic heterocycles. The van der Waals surface area contributed by atoms with Gasteiger partial charge in [-0.15, -0.1) is 11.8 Å². The summed E-state index contributed by atoms with van der Waals surface area (Å²) < 4.78 is 2.45. The molecule has 1 saturated heterocycles. The minimum atomic E-state index is 0.764. The van der Waals surface area contributed by atoms with Gasteiger partial charge >= 0.3 is 0 Å². The zero-order valence-corrected chi connectivity index (χ0v) is 23.4. The van der Waals surface area contributed by atoms with E-state index >= 15 is 0 Å². The van der Waals surface area contributed by atoms with E-state index in [1.807, 2.05) is 36.0 Å². The van der Waals surface area contributed by atoms with E-state index in [1.54, 1.807) is 0 Å². The first kappa shape index (κ1) is 25.6. The van der Waals surface area contributed by atoms with Gasteiger partial charge in [-0.05, 0) is 79.3 Å². The molecule has 1 fully saturated rings. The Morgan fingerprint density at radius 2 is 1.46 bits per heavy atom. The summed E-state index contributed by atoms with van der Waals surface area (Å²) in [5.41, 5.74) is 15.6. The number of nitrogens with zero attached hydrogens (tertiary/aromatic N) is 3. The van der Waals surface area contributed by atoms with Crippen molar-refractivity contribution in [2.24, 2.45) is 0 Å². The van der Waals surface area contributed by atoms with Crippen molar-refractivity contribution in [3.63, 3.8) is 0 Å². The molecule has 2 heterocycles. The Bertz CT molecular complexity index is 1350. The van der Waals surface area contributed by atoms with E-state index in [1.165, 1.54) is 44.3 Å². The monoisotopic (exact) mass is 530 g/mol. The number of piperazine rings is 1. The molecule has 0 bridgehead atoms. The van der Waals surface area contributed by atoms with Gasteiger partial charge in [-0.2, -0.15) is 0 Å². The van der Waals surface area contributed by atoms with Gasteiger partial charge in [0, 0.05) is 71.0 Å². The summed E-state index contributed by atoms with van der Waals surface area (Å²) in [4.78, 5) is 6.33. The summed E-state index contributed by atoms with van der Waals surface area (Å²) in [6.07, 6.45) is 0. The molecule has 1 aliphatic rings. The third kappa shape index (κ3) is 5.21. The van der Waals surface area contributed by atoms with E-state index < -0.39 is 0 Å². The van der Waals surface area contributed by atoms with E-state index in [2.05, 4.69) is 83.7 Å². The molecule has 0 spiro atoms. The Balaban J connectivity index is 1.49. The second-order valence-corrected chi connectivity index (χ2v) is 11.1. The molecule has 0 unspecified atom stereocenters. The first-order chi connectivity index (χ1) is 18.0. The van der Waals surface area contributed by atoms with Crippen LogP contribution in [-0.4, -0.2) is 36.5 Å². The van der Waals surface area contributed by atoms with E-state index in [-0.39, 0.29) is 0 Å². The van der Waals surface area contributed by atoms with Crippen molar-refractivity contribution in [2.75, 3.05) is 47.5 Å². The van der Waals surface area contributed by atoms with Gasteiger partial charge in [-0.1, -0.05) is 42.8 Å². The average Bonchev–Trinajstić information content (AvgIpc) is 3.21. The maximum absolute atomic E-state index is 6.25. The predicted octanol–water partition coefficient (Wildman–Crippen LogP) is 7.82. The van der Waals surface area contributed by atoms with Gasteiger partial charge in [0.2, 0.25) is 0 Å². The van der Waals surface area contributed by atoms with Gasteiger partial charge in [0.05, 0.1) is 5.69 Å². The van der Waals surface area contributed by atoms with E-state index in [4.69, 9.17) is 17.3 Å². The van der Waals surface area contributed by atoms with Crippen molar-refractivity contribution < 1.29 is 0 Å². The lowest BCUT2D eigenvalue weighted by Gasteiger charge is -2.37. The number of benzene rings is 3. The van der Waals surface area contributed by atoms with Gasteiger partial charge in [0.25, 0.3) is 0 Å². The zero-order valence-electron chi connectivity index (χ0n) is 21.9. The Hall–Kier alpha value is -3.02. The van der Waals surface area contributed by atoms with Crippen LogP contribution < -0.4 is 15.5 Å². The molecule has 2 N–H and O–H groups in total. The van der Waals surface area contributed by atoms with Crippen LogP contribution in [0, 0.1) is 6.92 Å². The summed E-state index contributed by atoms with van der Waals surface area (Å²) >= 11 is 8.19. The summed E-state index contributed by atoms with van der Waals surface area (Å²) in [5, 5.41) is 0.764. The van der Waals surface area contributed by atoms with Gasteiger partial charge < -0.3 is 20.1 Å². The highest BCUT2D eigenvalue weighted by Gasteiger charge is 2.24. The molecule has 5 rings (SSSR count). The number of rotatable bonds is 7. The fourth-order valence-corrected chi connectivity index (χ4v) is 6.46. The molecule has 0 amide bonds. The van der Waals surface area contributed by atoms with Crippen molar-refractivity contribution in [1.82, 2.24) is 4.57 Å². The van der Waals surface area contributed by atoms with Crippen LogP contribution in [0.2, 0.25) is 5.02 Å². The van der Waals surface area contributed by atoms with Gasteiger partial charge in [-0.3, -0.25) is 0 Å². The average molecular weight is 531 g/mol.